The highest BCUT2D eigenvalue weighted by Gasteiger charge is 2.16. The molecular weight excluding hydrogens is 316 g/mol. The Hall–Kier alpha value is -2.72. The Morgan fingerprint density at radius 3 is 2.38 bits per heavy atom. The number of aromatic nitrogens is 2. The first-order chi connectivity index (χ1) is 11.7. The summed E-state index contributed by atoms with van der Waals surface area (Å²) in [5.74, 6) is 0. The number of rotatable bonds is 3. The van der Waals surface area contributed by atoms with Gasteiger partial charge in [-0.3, -0.25) is 9.36 Å². The molecule has 0 unspecified atom stereocenters. The van der Waals surface area contributed by atoms with Crippen molar-refractivity contribution in [1.82, 2.24) is 9.55 Å². The van der Waals surface area contributed by atoms with Crippen LogP contribution < -0.4 is 5.56 Å². The molecule has 24 heavy (non-hydrogen) atoms. The van der Waals surface area contributed by atoms with Crippen molar-refractivity contribution in [2.75, 3.05) is 0 Å². The lowest BCUT2D eigenvalue weighted by molar-refractivity contribution is 0.749. The zero-order valence-corrected chi connectivity index (χ0v) is 14.1. The third-order valence-corrected chi connectivity index (χ3v) is 5.13. The van der Waals surface area contributed by atoms with Gasteiger partial charge in [-0.15, -0.1) is 11.3 Å². The van der Waals surface area contributed by atoms with E-state index in [1.54, 1.807) is 22.2 Å². The molecule has 4 heteroatoms. The number of nitrogens with zero attached hydrogens (tertiary/aromatic N) is 2. The van der Waals surface area contributed by atoms with Gasteiger partial charge in [0.1, 0.15) is 4.83 Å². The summed E-state index contributed by atoms with van der Waals surface area (Å²) in [6.45, 7) is 2.58. The van der Waals surface area contributed by atoms with Crippen LogP contribution in [0.15, 0.2) is 71.8 Å². The largest absolute Gasteiger partial charge is 0.294 e. The Morgan fingerprint density at radius 1 is 1.00 bits per heavy atom. The summed E-state index contributed by atoms with van der Waals surface area (Å²) >= 11 is 1.58. The van der Waals surface area contributed by atoms with Gasteiger partial charge in [0.05, 0.1) is 18.3 Å². The lowest BCUT2D eigenvalue weighted by Gasteiger charge is -2.06. The van der Waals surface area contributed by atoms with Crippen molar-refractivity contribution in [1.29, 1.82) is 0 Å². The molecule has 0 spiro atoms. The van der Waals surface area contributed by atoms with Crippen molar-refractivity contribution in [3.05, 3.63) is 87.8 Å². The van der Waals surface area contributed by atoms with Crippen LogP contribution in [-0.4, -0.2) is 9.55 Å². The third-order valence-electron chi connectivity index (χ3n) is 4.11. The number of hydrogen-bond donors (Lipinski definition) is 0. The number of thiophene rings is 1. The fourth-order valence-electron chi connectivity index (χ4n) is 2.98. The molecule has 4 rings (SSSR count). The highest BCUT2D eigenvalue weighted by Crippen LogP contribution is 2.35. The molecule has 0 N–H and O–H groups in total. The van der Waals surface area contributed by atoms with E-state index in [1.165, 1.54) is 0 Å². The normalized spacial score (nSPS) is 11.0. The maximum absolute atomic E-state index is 13.1. The summed E-state index contributed by atoms with van der Waals surface area (Å²) in [4.78, 5) is 19.5. The molecule has 3 nitrogen and oxygen atoms in total. The molecule has 0 aliphatic rings. The van der Waals surface area contributed by atoms with Gasteiger partial charge in [-0.25, -0.2) is 4.98 Å². The van der Waals surface area contributed by atoms with E-state index >= 15 is 0 Å². The van der Waals surface area contributed by atoms with Crippen LogP contribution in [0.4, 0.5) is 0 Å². The van der Waals surface area contributed by atoms with E-state index < -0.39 is 0 Å². The molecule has 0 bridgehead atoms. The van der Waals surface area contributed by atoms with E-state index in [9.17, 15) is 4.79 Å². The monoisotopic (exact) mass is 332 g/mol. The SMILES string of the molecule is Cc1sc2ncn(Cc3ccccc3)c(=O)c2c1-c1ccccc1. The van der Waals surface area contributed by atoms with Crippen molar-refractivity contribution in [2.24, 2.45) is 0 Å². The summed E-state index contributed by atoms with van der Waals surface area (Å²) in [6, 6.07) is 20.1. The summed E-state index contributed by atoms with van der Waals surface area (Å²) in [7, 11) is 0. The number of hydrogen-bond acceptors (Lipinski definition) is 3. The van der Waals surface area contributed by atoms with Crippen LogP contribution in [0.25, 0.3) is 21.3 Å². The second-order valence-electron chi connectivity index (χ2n) is 5.74. The van der Waals surface area contributed by atoms with E-state index in [1.807, 2.05) is 60.7 Å². The van der Waals surface area contributed by atoms with Crippen LogP contribution in [0.3, 0.4) is 0 Å². The molecule has 0 fully saturated rings. The van der Waals surface area contributed by atoms with Crippen LogP contribution in [0.5, 0.6) is 0 Å². The molecule has 0 aliphatic heterocycles. The Bertz CT molecular complexity index is 1050. The van der Waals surface area contributed by atoms with Gasteiger partial charge in [0.25, 0.3) is 5.56 Å². The van der Waals surface area contributed by atoms with Crippen molar-refractivity contribution in [3.63, 3.8) is 0 Å². The minimum atomic E-state index is 0.0204. The maximum Gasteiger partial charge on any atom is 0.263 e. The van der Waals surface area contributed by atoms with Gasteiger partial charge in [0.15, 0.2) is 0 Å². The molecule has 0 atom stereocenters. The summed E-state index contributed by atoms with van der Waals surface area (Å²) in [6.07, 6.45) is 1.66. The Kier molecular flexibility index (Phi) is 3.75. The molecule has 0 radical (unpaired) electrons. The highest BCUT2D eigenvalue weighted by molar-refractivity contribution is 7.19. The van der Waals surface area contributed by atoms with Crippen LogP contribution in [0, 0.1) is 6.92 Å². The van der Waals surface area contributed by atoms with Gasteiger partial charge >= 0.3 is 0 Å². The summed E-state index contributed by atoms with van der Waals surface area (Å²) in [5.41, 5.74) is 3.19. The molecular formula is C20H16N2OS. The van der Waals surface area contributed by atoms with Crippen molar-refractivity contribution in [3.8, 4) is 11.1 Å². The average molecular weight is 332 g/mol. The molecule has 0 saturated carbocycles. The Balaban J connectivity index is 1.91. The molecule has 2 heterocycles. The predicted octanol–water partition coefficient (Wildman–Crippen LogP) is 4.48. The van der Waals surface area contributed by atoms with Gasteiger partial charge in [0, 0.05) is 10.4 Å². The molecule has 2 aromatic heterocycles. The van der Waals surface area contributed by atoms with Crippen molar-refractivity contribution < 1.29 is 0 Å². The minimum Gasteiger partial charge on any atom is -0.294 e. The van der Waals surface area contributed by atoms with E-state index in [0.717, 1.165) is 31.8 Å². The number of fused-ring (bicyclic) bond motifs is 1. The molecule has 118 valence electrons. The average Bonchev–Trinajstić information content (AvgIpc) is 2.96. The zero-order valence-electron chi connectivity index (χ0n) is 13.3. The zero-order chi connectivity index (χ0) is 16.5. The summed E-state index contributed by atoms with van der Waals surface area (Å²) < 4.78 is 1.69. The van der Waals surface area contributed by atoms with Crippen LogP contribution in [0.1, 0.15) is 10.4 Å². The first-order valence-electron chi connectivity index (χ1n) is 7.82. The van der Waals surface area contributed by atoms with E-state index in [4.69, 9.17) is 0 Å². The molecule has 0 saturated heterocycles. The standard InChI is InChI=1S/C20H16N2OS/c1-14-17(16-10-6-3-7-11-16)18-19(24-14)21-13-22(20(18)23)12-15-8-4-2-5-9-15/h2-11,13H,12H2,1H3. The lowest BCUT2D eigenvalue weighted by atomic mass is 10.0. The first kappa shape index (κ1) is 14.8. The fourth-order valence-corrected chi connectivity index (χ4v) is 3.99. The predicted molar refractivity (Wildman–Crippen MR) is 99.6 cm³/mol. The van der Waals surface area contributed by atoms with E-state index in [0.29, 0.717) is 6.54 Å². The van der Waals surface area contributed by atoms with Crippen molar-refractivity contribution in [2.45, 2.75) is 13.5 Å². The Morgan fingerprint density at radius 2 is 1.67 bits per heavy atom. The number of benzene rings is 2. The molecule has 2 aromatic carbocycles. The van der Waals surface area contributed by atoms with Gasteiger partial charge in [0.2, 0.25) is 0 Å². The van der Waals surface area contributed by atoms with Crippen molar-refractivity contribution >= 4 is 21.6 Å². The Labute approximate surface area is 143 Å². The van der Waals surface area contributed by atoms with Crippen LogP contribution in [0.2, 0.25) is 0 Å². The fraction of sp³-hybridized carbons (Fsp3) is 0.100. The summed E-state index contributed by atoms with van der Waals surface area (Å²) in [5, 5.41) is 0.724. The first-order valence-corrected chi connectivity index (χ1v) is 8.63. The van der Waals surface area contributed by atoms with Gasteiger partial charge < -0.3 is 0 Å². The molecule has 4 aromatic rings. The van der Waals surface area contributed by atoms with Gasteiger partial charge in [-0.1, -0.05) is 60.7 Å². The van der Waals surface area contributed by atoms with E-state index in [2.05, 4.69) is 11.9 Å². The molecule has 0 aliphatic carbocycles. The number of aryl methyl sites for hydroxylation is 1. The van der Waals surface area contributed by atoms with Gasteiger partial charge in [-0.2, -0.15) is 0 Å². The van der Waals surface area contributed by atoms with E-state index in [-0.39, 0.29) is 5.56 Å². The quantitative estimate of drug-likeness (QED) is 0.554. The smallest absolute Gasteiger partial charge is 0.263 e. The van der Waals surface area contributed by atoms with Crippen LogP contribution >= 0.6 is 11.3 Å². The second-order valence-corrected chi connectivity index (χ2v) is 6.95. The topological polar surface area (TPSA) is 34.9 Å². The lowest BCUT2D eigenvalue weighted by Crippen LogP contribution is -2.20. The third kappa shape index (κ3) is 2.55. The van der Waals surface area contributed by atoms with Crippen LogP contribution in [-0.2, 0) is 6.54 Å². The highest BCUT2D eigenvalue weighted by atomic mass is 32.1. The second kappa shape index (κ2) is 6.06. The maximum atomic E-state index is 13.1. The minimum absolute atomic E-state index is 0.0204. The molecule has 0 amide bonds. The van der Waals surface area contributed by atoms with Gasteiger partial charge in [-0.05, 0) is 18.1 Å².